The molecule has 11 nitrogen and oxygen atoms in total. The molecule has 0 amide bonds. The summed E-state index contributed by atoms with van der Waals surface area (Å²) in [6, 6.07) is 12.8. The quantitative estimate of drug-likeness (QED) is 0.310. The second-order valence-electron chi connectivity index (χ2n) is 9.47. The number of nitrogens with zero attached hydrogens (tertiary/aromatic N) is 4. The lowest BCUT2D eigenvalue weighted by Gasteiger charge is -2.41. The number of nitro benzene ring substituents is 2. The Kier molecular flexibility index (Phi) is 7.74. The highest BCUT2D eigenvalue weighted by molar-refractivity contribution is 7.80. The zero-order valence-electron chi connectivity index (χ0n) is 20.7. The smallest absolute Gasteiger partial charge is 0.270 e. The molecule has 2 N–H and O–H groups in total. The molecule has 3 aliphatic rings. The minimum absolute atomic E-state index is 0.0169. The van der Waals surface area contributed by atoms with Gasteiger partial charge in [-0.3, -0.25) is 30.0 Å². The van der Waals surface area contributed by atoms with E-state index in [0.29, 0.717) is 23.8 Å². The molecule has 2 aromatic carbocycles. The SMILES string of the molecule is O=[N+]([O-])c1cccc(/C=C2\CN(CCN3CCOCC3)CC3=C2NC(=S)NC3c2cccc([N+](=O)[O-])c2)c1. The lowest BCUT2D eigenvalue weighted by Crippen LogP contribution is -2.51. The average Bonchev–Trinajstić information content (AvgIpc) is 2.92. The van der Waals surface area contributed by atoms with Crippen molar-refractivity contribution in [1.29, 1.82) is 0 Å². The largest absolute Gasteiger partial charge is 0.379 e. The summed E-state index contributed by atoms with van der Waals surface area (Å²) in [5.74, 6) is 0. The summed E-state index contributed by atoms with van der Waals surface area (Å²) in [6.45, 7) is 6.22. The van der Waals surface area contributed by atoms with Crippen molar-refractivity contribution in [3.8, 4) is 0 Å². The molecule has 1 saturated heterocycles. The number of thiocarbonyl (C=S) groups is 1. The van der Waals surface area contributed by atoms with Crippen molar-refractivity contribution in [2.24, 2.45) is 0 Å². The van der Waals surface area contributed by atoms with Gasteiger partial charge in [-0.05, 0) is 40.6 Å². The van der Waals surface area contributed by atoms with Crippen LogP contribution in [0, 0.1) is 20.2 Å². The van der Waals surface area contributed by atoms with Crippen LogP contribution in [0.25, 0.3) is 6.08 Å². The number of morpholine rings is 1. The van der Waals surface area contributed by atoms with E-state index in [1.165, 1.54) is 12.1 Å². The van der Waals surface area contributed by atoms with Crippen molar-refractivity contribution in [3.63, 3.8) is 0 Å². The van der Waals surface area contributed by atoms with Crippen LogP contribution in [0.2, 0.25) is 0 Å². The maximum Gasteiger partial charge on any atom is 0.270 e. The Labute approximate surface area is 225 Å². The first-order chi connectivity index (χ1) is 18.4. The maximum absolute atomic E-state index is 11.5. The summed E-state index contributed by atoms with van der Waals surface area (Å²) >= 11 is 5.54. The van der Waals surface area contributed by atoms with Crippen LogP contribution in [-0.4, -0.2) is 77.2 Å². The van der Waals surface area contributed by atoms with Crippen molar-refractivity contribution in [2.75, 3.05) is 52.5 Å². The van der Waals surface area contributed by atoms with Gasteiger partial charge in [-0.1, -0.05) is 24.3 Å². The Hall–Kier alpha value is -3.71. The van der Waals surface area contributed by atoms with Gasteiger partial charge < -0.3 is 15.4 Å². The van der Waals surface area contributed by atoms with Crippen molar-refractivity contribution in [1.82, 2.24) is 20.4 Å². The van der Waals surface area contributed by atoms with E-state index in [0.717, 1.165) is 61.8 Å². The van der Waals surface area contributed by atoms with Gasteiger partial charge in [0.15, 0.2) is 5.11 Å². The predicted molar refractivity (Wildman–Crippen MR) is 147 cm³/mol. The highest BCUT2D eigenvalue weighted by atomic mass is 32.1. The van der Waals surface area contributed by atoms with E-state index in [1.807, 2.05) is 18.2 Å². The molecule has 0 bridgehead atoms. The number of nitro groups is 2. The standard InChI is InChI=1S/C26H28N6O5S/c33-31(34)21-5-1-3-18(14-21)13-20-16-30(8-7-29-9-11-37-12-10-29)17-23-24(27-26(38)28-25(20)23)19-4-2-6-22(15-19)32(35)36/h1-6,13-15,24H,7-12,16-17H2,(H2,27,28,38)/b20-13+. The summed E-state index contributed by atoms with van der Waals surface area (Å²) in [4.78, 5) is 26.7. The van der Waals surface area contributed by atoms with Crippen molar-refractivity contribution < 1.29 is 14.6 Å². The van der Waals surface area contributed by atoms with Gasteiger partial charge in [-0.2, -0.15) is 0 Å². The zero-order chi connectivity index (χ0) is 26.6. The van der Waals surface area contributed by atoms with E-state index >= 15 is 0 Å². The Morgan fingerprint density at radius 2 is 1.66 bits per heavy atom. The van der Waals surface area contributed by atoms with Gasteiger partial charge in [-0.25, -0.2) is 0 Å². The fourth-order valence-electron chi connectivity index (χ4n) is 5.08. The van der Waals surface area contributed by atoms with Gasteiger partial charge in [-0.15, -0.1) is 0 Å². The molecular weight excluding hydrogens is 508 g/mol. The number of ether oxygens (including phenoxy) is 1. The summed E-state index contributed by atoms with van der Waals surface area (Å²) < 4.78 is 5.48. The molecule has 198 valence electrons. The molecule has 38 heavy (non-hydrogen) atoms. The minimum Gasteiger partial charge on any atom is -0.379 e. The van der Waals surface area contributed by atoms with E-state index in [9.17, 15) is 20.2 Å². The first kappa shape index (κ1) is 25.9. The third kappa shape index (κ3) is 5.89. The van der Waals surface area contributed by atoms with Crippen molar-refractivity contribution >= 4 is 34.8 Å². The van der Waals surface area contributed by atoms with Gasteiger partial charge in [0.25, 0.3) is 11.4 Å². The molecule has 0 radical (unpaired) electrons. The van der Waals surface area contributed by atoms with Crippen LogP contribution in [0.15, 0.2) is 65.4 Å². The third-order valence-electron chi connectivity index (χ3n) is 6.97. The van der Waals surface area contributed by atoms with E-state index in [4.69, 9.17) is 17.0 Å². The number of hydrogen-bond acceptors (Lipinski definition) is 8. The number of benzene rings is 2. The third-order valence-corrected chi connectivity index (χ3v) is 7.18. The van der Waals surface area contributed by atoms with Gasteiger partial charge in [0.1, 0.15) is 0 Å². The van der Waals surface area contributed by atoms with E-state index in [-0.39, 0.29) is 17.4 Å². The van der Waals surface area contributed by atoms with Crippen LogP contribution in [-0.2, 0) is 4.74 Å². The lowest BCUT2D eigenvalue weighted by molar-refractivity contribution is -0.385. The first-order valence-corrected chi connectivity index (χ1v) is 12.8. The molecule has 0 spiro atoms. The molecule has 12 heteroatoms. The second-order valence-corrected chi connectivity index (χ2v) is 9.88. The monoisotopic (exact) mass is 536 g/mol. The molecule has 1 atom stereocenters. The molecule has 3 aliphatic heterocycles. The van der Waals surface area contributed by atoms with E-state index in [2.05, 4.69) is 20.4 Å². The molecular formula is C26H28N6O5S. The highest BCUT2D eigenvalue weighted by Crippen LogP contribution is 2.35. The fourth-order valence-corrected chi connectivity index (χ4v) is 5.30. The summed E-state index contributed by atoms with van der Waals surface area (Å²) in [7, 11) is 0. The average molecular weight is 537 g/mol. The number of non-ortho nitro benzene ring substituents is 2. The van der Waals surface area contributed by atoms with Gasteiger partial charge in [0.2, 0.25) is 0 Å². The van der Waals surface area contributed by atoms with Crippen LogP contribution in [0.4, 0.5) is 11.4 Å². The summed E-state index contributed by atoms with van der Waals surface area (Å²) in [5, 5.41) is 29.8. The van der Waals surface area contributed by atoms with Gasteiger partial charge in [0.05, 0.1) is 29.1 Å². The molecule has 3 heterocycles. The molecule has 1 fully saturated rings. The first-order valence-electron chi connectivity index (χ1n) is 12.4. The van der Waals surface area contributed by atoms with Crippen LogP contribution >= 0.6 is 12.2 Å². The topological polar surface area (TPSA) is 126 Å². The Morgan fingerprint density at radius 1 is 0.974 bits per heavy atom. The Morgan fingerprint density at radius 3 is 2.39 bits per heavy atom. The molecule has 5 rings (SSSR count). The number of rotatable bonds is 7. The Bertz CT molecular complexity index is 1320. The van der Waals surface area contributed by atoms with Crippen LogP contribution in [0.3, 0.4) is 0 Å². The summed E-state index contributed by atoms with van der Waals surface area (Å²) in [6.07, 6.45) is 1.95. The summed E-state index contributed by atoms with van der Waals surface area (Å²) in [5.41, 5.74) is 4.34. The van der Waals surface area contributed by atoms with E-state index in [1.54, 1.807) is 24.3 Å². The van der Waals surface area contributed by atoms with Crippen molar-refractivity contribution in [3.05, 3.63) is 96.7 Å². The molecule has 0 aromatic heterocycles. The number of nitrogens with one attached hydrogen (secondary N) is 2. The second kappa shape index (κ2) is 11.4. The van der Waals surface area contributed by atoms with Crippen LogP contribution < -0.4 is 10.6 Å². The zero-order valence-corrected chi connectivity index (χ0v) is 21.5. The van der Waals surface area contributed by atoms with Gasteiger partial charge in [0, 0.05) is 69.2 Å². The van der Waals surface area contributed by atoms with Crippen molar-refractivity contribution in [2.45, 2.75) is 6.04 Å². The minimum atomic E-state index is -0.404. The molecule has 2 aromatic rings. The predicted octanol–water partition coefficient (Wildman–Crippen LogP) is 3.01. The van der Waals surface area contributed by atoms with Gasteiger partial charge >= 0.3 is 0 Å². The van der Waals surface area contributed by atoms with E-state index < -0.39 is 9.85 Å². The highest BCUT2D eigenvalue weighted by Gasteiger charge is 2.34. The maximum atomic E-state index is 11.5. The molecule has 1 unspecified atom stereocenters. The molecule has 0 aliphatic carbocycles. The normalized spacial score (nSPS) is 21.5. The van der Waals surface area contributed by atoms with Crippen LogP contribution in [0.1, 0.15) is 17.2 Å². The Balaban J connectivity index is 1.52. The molecule has 0 saturated carbocycles. The number of hydrogen-bond donors (Lipinski definition) is 2. The lowest BCUT2D eigenvalue weighted by atomic mass is 9.88. The fraction of sp³-hybridized carbons (Fsp3) is 0.346. The van der Waals surface area contributed by atoms with Crippen LogP contribution in [0.5, 0.6) is 0 Å².